The lowest BCUT2D eigenvalue weighted by Crippen LogP contribution is -2.38. The molecule has 0 aromatic rings. The Kier molecular flexibility index (Phi) is 2.46. The largest absolute Gasteiger partial charge is 0.312 e. The van der Waals surface area contributed by atoms with E-state index in [4.69, 9.17) is 0 Å². The molecule has 15 heavy (non-hydrogen) atoms. The van der Waals surface area contributed by atoms with Crippen molar-refractivity contribution in [1.29, 1.82) is 0 Å². The van der Waals surface area contributed by atoms with Crippen molar-refractivity contribution >= 4 is 0 Å². The van der Waals surface area contributed by atoms with Gasteiger partial charge in [-0.3, -0.25) is 0 Å². The molecule has 88 valence electrons. The van der Waals surface area contributed by atoms with Crippen LogP contribution in [-0.2, 0) is 0 Å². The minimum absolute atomic E-state index is 0.284. The Morgan fingerprint density at radius 2 is 1.87 bits per heavy atom. The number of nitrogens with one attached hydrogen (secondary N) is 1. The van der Waals surface area contributed by atoms with Gasteiger partial charge in [0.05, 0.1) is 0 Å². The SMILES string of the molecule is CC(C)(C)NCC1CC12CCCC2(C)C. The topological polar surface area (TPSA) is 12.0 Å². The second-order valence-electron chi connectivity index (χ2n) is 7.43. The molecule has 2 rings (SSSR count). The first kappa shape index (κ1) is 11.4. The Labute approximate surface area is 95.0 Å². The molecule has 1 nitrogen and oxygen atoms in total. The normalized spacial score (nSPS) is 38.6. The zero-order chi connectivity index (χ0) is 11.3. The van der Waals surface area contributed by atoms with Crippen LogP contribution in [0, 0.1) is 16.7 Å². The predicted molar refractivity (Wildman–Crippen MR) is 65.9 cm³/mol. The third-order valence-electron chi connectivity index (χ3n) is 4.88. The maximum atomic E-state index is 3.67. The highest BCUT2D eigenvalue weighted by Gasteiger charge is 2.63. The summed E-state index contributed by atoms with van der Waals surface area (Å²) in [5, 5.41) is 3.67. The molecule has 2 saturated carbocycles. The predicted octanol–water partition coefficient (Wildman–Crippen LogP) is 3.59. The molecule has 2 aliphatic rings. The van der Waals surface area contributed by atoms with Gasteiger partial charge in [-0.2, -0.15) is 0 Å². The fourth-order valence-electron chi connectivity index (χ4n) is 3.65. The van der Waals surface area contributed by atoms with Gasteiger partial charge in [-0.1, -0.05) is 20.3 Å². The minimum atomic E-state index is 0.284. The van der Waals surface area contributed by atoms with E-state index in [0.29, 0.717) is 10.8 Å². The van der Waals surface area contributed by atoms with Crippen LogP contribution in [0.3, 0.4) is 0 Å². The Morgan fingerprint density at radius 3 is 2.33 bits per heavy atom. The van der Waals surface area contributed by atoms with Crippen molar-refractivity contribution in [3.63, 3.8) is 0 Å². The zero-order valence-corrected chi connectivity index (χ0v) is 11.1. The smallest absolute Gasteiger partial charge is 0.00966 e. The highest BCUT2D eigenvalue weighted by molar-refractivity contribution is 5.13. The van der Waals surface area contributed by atoms with Gasteiger partial charge in [0.25, 0.3) is 0 Å². The number of rotatable bonds is 2. The summed E-state index contributed by atoms with van der Waals surface area (Å²) < 4.78 is 0. The van der Waals surface area contributed by atoms with Crippen LogP contribution in [-0.4, -0.2) is 12.1 Å². The van der Waals surface area contributed by atoms with Gasteiger partial charge >= 0.3 is 0 Å². The fraction of sp³-hybridized carbons (Fsp3) is 1.00. The third-order valence-corrected chi connectivity index (χ3v) is 4.88. The summed E-state index contributed by atoms with van der Waals surface area (Å²) in [6.45, 7) is 13.0. The molecule has 0 saturated heterocycles. The van der Waals surface area contributed by atoms with Crippen molar-refractivity contribution in [3.8, 4) is 0 Å². The lowest BCUT2D eigenvalue weighted by atomic mass is 9.77. The van der Waals surface area contributed by atoms with Crippen LogP contribution in [0.2, 0.25) is 0 Å². The second-order valence-corrected chi connectivity index (χ2v) is 7.43. The van der Waals surface area contributed by atoms with E-state index in [0.717, 1.165) is 5.92 Å². The molecule has 0 heterocycles. The van der Waals surface area contributed by atoms with Crippen LogP contribution in [0.5, 0.6) is 0 Å². The van der Waals surface area contributed by atoms with E-state index in [1.54, 1.807) is 0 Å². The average molecular weight is 209 g/mol. The summed E-state index contributed by atoms with van der Waals surface area (Å²) in [5.74, 6) is 0.953. The highest BCUT2D eigenvalue weighted by Crippen LogP contribution is 2.71. The molecule has 0 amide bonds. The van der Waals surface area contributed by atoms with Crippen molar-refractivity contribution in [3.05, 3.63) is 0 Å². The van der Waals surface area contributed by atoms with Gasteiger partial charge in [0.15, 0.2) is 0 Å². The Bertz CT molecular complexity index is 249. The van der Waals surface area contributed by atoms with E-state index in [-0.39, 0.29) is 5.54 Å². The maximum absolute atomic E-state index is 3.67. The van der Waals surface area contributed by atoms with Crippen LogP contribution < -0.4 is 5.32 Å². The third kappa shape index (κ3) is 1.95. The molecule has 2 fully saturated rings. The lowest BCUT2D eigenvalue weighted by molar-refractivity contribution is 0.208. The quantitative estimate of drug-likeness (QED) is 0.733. The maximum Gasteiger partial charge on any atom is 0.00966 e. The number of hydrogen-bond donors (Lipinski definition) is 1. The van der Waals surface area contributed by atoms with Gasteiger partial charge in [-0.15, -0.1) is 0 Å². The van der Waals surface area contributed by atoms with Crippen molar-refractivity contribution < 1.29 is 0 Å². The van der Waals surface area contributed by atoms with Crippen molar-refractivity contribution in [2.75, 3.05) is 6.54 Å². The van der Waals surface area contributed by atoms with E-state index < -0.39 is 0 Å². The molecule has 0 radical (unpaired) electrons. The van der Waals surface area contributed by atoms with Crippen LogP contribution in [0.25, 0.3) is 0 Å². The molecule has 2 unspecified atom stereocenters. The van der Waals surface area contributed by atoms with Gasteiger partial charge in [-0.25, -0.2) is 0 Å². The molecule has 0 aliphatic heterocycles. The van der Waals surface area contributed by atoms with Gasteiger partial charge in [0.1, 0.15) is 0 Å². The molecule has 1 N–H and O–H groups in total. The van der Waals surface area contributed by atoms with Crippen molar-refractivity contribution in [1.82, 2.24) is 5.32 Å². The molecule has 1 spiro atoms. The van der Waals surface area contributed by atoms with Crippen LogP contribution in [0.4, 0.5) is 0 Å². The Balaban J connectivity index is 1.90. The van der Waals surface area contributed by atoms with E-state index in [2.05, 4.69) is 39.9 Å². The van der Waals surface area contributed by atoms with Gasteiger partial charge < -0.3 is 5.32 Å². The Hall–Kier alpha value is -0.0400. The first-order chi connectivity index (χ1) is 6.77. The van der Waals surface area contributed by atoms with Gasteiger partial charge in [-0.05, 0) is 63.3 Å². The minimum Gasteiger partial charge on any atom is -0.312 e. The molecule has 0 aromatic heterocycles. The van der Waals surface area contributed by atoms with Crippen molar-refractivity contribution in [2.45, 2.75) is 65.8 Å². The summed E-state index contributed by atoms with van der Waals surface area (Å²) in [4.78, 5) is 0. The van der Waals surface area contributed by atoms with E-state index >= 15 is 0 Å². The summed E-state index contributed by atoms with van der Waals surface area (Å²) in [7, 11) is 0. The molecule has 1 heteroatoms. The summed E-state index contributed by atoms with van der Waals surface area (Å²) in [6.07, 6.45) is 5.86. The fourth-order valence-corrected chi connectivity index (χ4v) is 3.65. The molecule has 2 atom stereocenters. The summed E-state index contributed by atoms with van der Waals surface area (Å²) in [5.41, 5.74) is 1.61. The first-order valence-corrected chi connectivity index (χ1v) is 6.52. The standard InChI is InChI=1S/C14H27N/c1-12(2,3)15-10-11-9-14(11)8-6-7-13(14,4)5/h11,15H,6-10H2,1-5H3. The highest BCUT2D eigenvalue weighted by atomic mass is 15.0. The van der Waals surface area contributed by atoms with Crippen molar-refractivity contribution in [2.24, 2.45) is 16.7 Å². The molecule has 0 bridgehead atoms. The van der Waals surface area contributed by atoms with Crippen LogP contribution in [0.15, 0.2) is 0 Å². The van der Waals surface area contributed by atoms with Crippen LogP contribution >= 0.6 is 0 Å². The van der Waals surface area contributed by atoms with E-state index in [9.17, 15) is 0 Å². The zero-order valence-electron chi connectivity index (χ0n) is 11.1. The van der Waals surface area contributed by atoms with Crippen LogP contribution in [0.1, 0.15) is 60.3 Å². The first-order valence-electron chi connectivity index (χ1n) is 6.52. The molecule has 2 aliphatic carbocycles. The average Bonchev–Trinajstić information content (AvgIpc) is 2.67. The summed E-state index contributed by atoms with van der Waals surface area (Å²) in [6, 6.07) is 0. The Morgan fingerprint density at radius 1 is 1.20 bits per heavy atom. The molecular formula is C14H27N. The monoisotopic (exact) mass is 209 g/mol. The van der Waals surface area contributed by atoms with Gasteiger partial charge in [0, 0.05) is 5.54 Å². The summed E-state index contributed by atoms with van der Waals surface area (Å²) >= 11 is 0. The lowest BCUT2D eigenvalue weighted by Gasteiger charge is -2.29. The number of hydrogen-bond acceptors (Lipinski definition) is 1. The van der Waals surface area contributed by atoms with E-state index in [1.807, 2.05) is 0 Å². The van der Waals surface area contributed by atoms with E-state index in [1.165, 1.54) is 32.2 Å². The van der Waals surface area contributed by atoms with Gasteiger partial charge in [0.2, 0.25) is 0 Å². The molecule has 0 aromatic carbocycles. The molecular weight excluding hydrogens is 182 g/mol. The second kappa shape index (κ2) is 3.23.